The molecule has 1 heterocycles. The molecule has 0 amide bonds. The van der Waals surface area contributed by atoms with Gasteiger partial charge in [0.05, 0.1) is 10.7 Å². The van der Waals surface area contributed by atoms with Crippen molar-refractivity contribution < 1.29 is 4.79 Å². The van der Waals surface area contributed by atoms with Gasteiger partial charge in [0.2, 0.25) is 0 Å². The smallest absolute Gasteiger partial charge is 0.182 e. The molecule has 4 nitrogen and oxygen atoms in total. The fourth-order valence-electron chi connectivity index (χ4n) is 2.55. The SMILES string of the molecule is CC(C)n1ncc(Br)c1C(=O)CC1(CN)CCC1. The molecule has 1 fully saturated rings. The zero-order chi connectivity index (χ0) is 13.3. The van der Waals surface area contributed by atoms with Gasteiger partial charge in [-0.05, 0) is 54.6 Å². The van der Waals surface area contributed by atoms with E-state index in [2.05, 4.69) is 21.0 Å². The van der Waals surface area contributed by atoms with Crippen molar-refractivity contribution in [1.82, 2.24) is 9.78 Å². The predicted molar refractivity (Wildman–Crippen MR) is 74.6 cm³/mol. The summed E-state index contributed by atoms with van der Waals surface area (Å²) in [5.74, 6) is 0.151. The molecule has 1 aliphatic carbocycles. The third-order valence-electron chi connectivity index (χ3n) is 3.89. The lowest BCUT2D eigenvalue weighted by atomic mass is 9.66. The molecular weight excluding hydrogens is 294 g/mol. The maximum atomic E-state index is 12.5. The van der Waals surface area contributed by atoms with Gasteiger partial charge in [0.15, 0.2) is 5.78 Å². The molecule has 2 rings (SSSR count). The first-order valence-corrected chi connectivity index (χ1v) is 7.25. The van der Waals surface area contributed by atoms with Crippen LogP contribution in [-0.2, 0) is 0 Å². The number of carbonyl (C=O) groups excluding carboxylic acids is 1. The zero-order valence-corrected chi connectivity index (χ0v) is 12.5. The van der Waals surface area contributed by atoms with Gasteiger partial charge in [-0.25, -0.2) is 0 Å². The van der Waals surface area contributed by atoms with Crippen molar-refractivity contribution in [1.29, 1.82) is 0 Å². The largest absolute Gasteiger partial charge is 0.330 e. The molecular formula is C13H20BrN3O. The first kappa shape index (κ1) is 13.7. The second-order valence-electron chi connectivity index (χ2n) is 5.54. The van der Waals surface area contributed by atoms with Gasteiger partial charge in [0.1, 0.15) is 5.69 Å². The summed E-state index contributed by atoms with van der Waals surface area (Å²) in [5.41, 5.74) is 6.55. The highest BCUT2D eigenvalue weighted by atomic mass is 79.9. The van der Waals surface area contributed by atoms with Crippen molar-refractivity contribution in [2.75, 3.05) is 6.54 Å². The van der Waals surface area contributed by atoms with E-state index in [1.54, 1.807) is 10.9 Å². The van der Waals surface area contributed by atoms with Gasteiger partial charge in [-0.1, -0.05) is 6.42 Å². The molecule has 0 aromatic carbocycles. The summed E-state index contributed by atoms with van der Waals surface area (Å²) in [6.07, 6.45) is 5.57. The average molecular weight is 314 g/mol. The van der Waals surface area contributed by atoms with Crippen molar-refractivity contribution >= 4 is 21.7 Å². The molecule has 1 aliphatic rings. The predicted octanol–water partition coefficient (Wildman–Crippen LogP) is 2.93. The van der Waals surface area contributed by atoms with Crippen LogP contribution in [0.5, 0.6) is 0 Å². The highest BCUT2D eigenvalue weighted by Gasteiger charge is 2.38. The average Bonchev–Trinajstić information content (AvgIpc) is 2.65. The molecule has 100 valence electrons. The number of hydrogen-bond acceptors (Lipinski definition) is 3. The molecule has 1 saturated carbocycles. The normalized spacial score (nSPS) is 17.8. The summed E-state index contributed by atoms with van der Waals surface area (Å²) in [4.78, 5) is 12.5. The summed E-state index contributed by atoms with van der Waals surface area (Å²) in [6, 6.07) is 0.186. The topological polar surface area (TPSA) is 60.9 Å². The van der Waals surface area contributed by atoms with E-state index < -0.39 is 0 Å². The summed E-state index contributed by atoms with van der Waals surface area (Å²) < 4.78 is 2.57. The molecule has 2 N–H and O–H groups in total. The van der Waals surface area contributed by atoms with E-state index in [9.17, 15) is 4.79 Å². The van der Waals surface area contributed by atoms with Crippen LogP contribution < -0.4 is 5.73 Å². The van der Waals surface area contributed by atoms with E-state index in [1.165, 1.54) is 6.42 Å². The van der Waals surface area contributed by atoms with Crippen LogP contribution in [0.3, 0.4) is 0 Å². The Hall–Kier alpha value is -0.680. The van der Waals surface area contributed by atoms with Crippen molar-refractivity contribution in [3.05, 3.63) is 16.4 Å². The van der Waals surface area contributed by atoms with E-state index in [4.69, 9.17) is 5.73 Å². The molecule has 1 aromatic rings. The minimum Gasteiger partial charge on any atom is -0.330 e. The highest BCUT2D eigenvalue weighted by molar-refractivity contribution is 9.10. The van der Waals surface area contributed by atoms with Crippen molar-refractivity contribution in [2.24, 2.45) is 11.1 Å². The summed E-state index contributed by atoms with van der Waals surface area (Å²) in [5, 5.41) is 4.25. The lowest BCUT2D eigenvalue weighted by Crippen LogP contribution is -2.39. The zero-order valence-electron chi connectivity index (χ0n) is 10.9. The van der Waals surface area contributed by atoms with Crippen LogP contribution in [0.1, 0.15) is 56.1 Å². The van der Waals surface area contributed by atoms with Crippen LogP contribution >= 0.6 is 15.9 Å². The monoisotopic (exact) mass is 313 g/mol. The Morgan fingerprint density at radius 2 is 2.28 bits per heavy atom. The minimum absolute atomic E-state index is 0.0442. The second kappa shape index (κ2) is 5.13. The number of aromatic nitrogens is 2. The molecule has 0 unspecified atom stereocenters. The quantitative estimate of drug-likeness (QED) is 0.850. The number of nitrogens with two attached hydrogens (primary N) is 1. The van der Waals surface area contributed by atoms with E-state index in [0.29, 0.717) is 18.7 Å². The molecule has 0 radical (unpaired) electrons. The fraction of sp³-hybridized carbons (Fsp3) is 0.692. The molecule has 0 spiro atoms. The van der Waals surface area contributed by atoms with Gasteiger partial charge in [0, 0.05) is 12.5 Å². The molecule has 18 heavy (non-hydrogen) atoms. The van der Waals surface area contributed by atoms with Crippen LogP contribution in [0.25, 0.3) is 0 Å². The van der Waals surface area contributed by atoms with Gasteiger partial charge >= 0.3 is 0 Å². The van der Waals surface area contributed by atoms with E-state index in [1.807, 2.05) is 13.8 Å². The lowest BCUT2D eigenvalue weighted by molar-refractivity contribution is 0.0773. The van der Waals surface area contributed by atoms with Crippen LogP contribution in [0, 0.1) is 5.41 Å². The number of hydrogen-bond donors (Lipinski definition) is 1. The Balaban J connectivity index is 2.21. The summed E-state index contributed by atoms with van der Waals surface area (Å²) >= 11 is 3.42. The Bertz CT molecular complexity index is 444. The lowest BCUT2D eigenvalue weighted by Gasteiger charge is -2.40. The third kappa shape index (κ3) is 2.38. The molecule has 0 saturated heterocycles. The second-order valence-corrected chi connectivity index (χ2v) is 6.39. The van der Waals surface area contributed by atoms with Crippen molar-refractivity contribution in [3.8, 4) is 0 Å². The number of carbonyl (C=O) groups is 1. The van der Waals surface area contributed by atoms with Gasteiger partial charge in [-0.15, -0.1) is 0 Å². The summed E-state index contributed by atoms with van der Waals surface area (Å²) in [7, 11) is 0. The van der Waals surface area contributed by atoms with Crippen LogP contribution in [0.4, 0.5) is 0 Å². The van der Waals surface area contributed by atoms with Gasteiger partial charge in [0.25, 0.3) is 0 Å². The van der Waals surface area contributed by atoms with Gasteiger partial charge in [-0.2, -0.15) is 5.10 Å². The molecule has 0 bridgehead atoms. The Morgan fingerprint density at radius 1 is 1.61 bits per heavy atom. The first-order valence-electron chi connectivity index (χ1n) is 6.45. The van der Waals surface area contributed by atoms with Gasteiger partial charge in [-0.3, -0.25) is 9.48 Å². The summed E-state index contributed by atoms with van der Waals surface area (Å²) in [6.45, 7) is 4.66. The molecule has 5 heteroatoms. The molecule has 0 aliphatic heterocycles. The Labute approximate surface area is 116 Å². The Morgan fingerprint density at radius 3 is 2.72 bits per heavy atom. The number of rotatable bonds is 5. The minimum atomic E-state index is 0.0442. The van der Waals surface area contributed by atoms with E-state index >= 15 is 0 Å². The number of Topliss-reactive ketones (excluding diaryl/α,β-unsaturated/α-hetero) is 1. The Kier molecular flexibility index (Phi) is 3.92. The van der Waals surface area contributed by atoms with Crippen LogP contribution in [-0.4, -0.2) is 22.1 Å². The van der Waals surface area contributed by atoms with Crippen molar-refractivity contribution in [2.45, 2.75) is 45.6 Å². The molecule has 1 aromatic heterocycles. The highest BCUT2D eigenvalue weighted by Crippen LogP contribution is 2.44. The van der Waals surface area contributed by atoms with Crippen LogP contribution in [0.2, 0.25) is 0 Å². The number of ketones is 1. The van der Waals surface area contributed by atoms with Gasteiger partial charge < -0.3 is 5.73 Å². The van der Waals surface area contributed by atoms with E-state index in [0.717, 1.165) is 17.3 Å². The first-order chi connectivity index (χ1) is 8.49. The fourth-order valence-corrected chi connectivity index (χ4v) is 3.04. The number of halogens is 1. The maximum absolute atomic E-state index is 12.5. The molecule has 0 atom stereocenters. The van der Waals surface area contributed by atoms with Crippen molar-refractivity contribution in [3.63, 3.8) is 0 Å². The standard InChI is InChI=1S/C13H20BrN3O/c1-9(2)17-12(10(14)7-16-17)11(18)6-13(8-15)4-3-5-13/h7,9H,3-6,8,15H2,1-2H3. The van der Waals surface area contributed by atoms with Crippen LogP contribution in [0.15, 0.2) is 10.7 Å². The third-order valence-corrected chi connectivity index (χ3v) is 4.47. The number of nitrogens with zero attached hydrogens (tertiary/aromatic N) is 2. The van der Waals surface area contributed by atoms with E-state index in [-0.39, 0.29) is 17.2 Å². The maximum Gasteiger partial charge on any atom is 0.182 e.